The van der Waals surface area contributed by atoms with Gasteiger partial charge in [0.15, 0.2) is 5.69 Å². The molecule has 2 rings (SSSR count). The molecule has 0 saturated carbocycles. The van der Waals surface area contributed by atoms with Crippen LogP contribution in [-0.4, -0.2) is 35.6 Å². The smallest absolute Gasteiger partial charge is 0.360 e. The summed E-state index contributed by atoms with van der Waals surface area (Å²) in [4.78, 5) is 15.7. The van der Waals surface area contributed by atoms with Crippen molar-refractivity contribution in [3.8, 4) is 0 Å². The highest BCUT2D eigenvalue weighted by atomic mass is 32.2. The van der Waals surface area contributed by atoms with Crippen LogP contribution in [0.5, 0.6) is 0 Å². The molecular weight excluding hydrogens is 268 g/mol. The third-order valence-corrected chi connectivity index (χ3v) is 4.76. The van der Waals surface area contributed by atoms with Gasteiger partial charge in [0.2, 0.25) is 0 Å². The van der Waals surface area contributed by atoms with Crippen LogP contribution < -0.4 is 5.32 Å². The Balaban J connectivity index is 1.88. The average molecular weight is 286 g/mol. The van der Waals surface area contributed by atoms with Crippen LogP contribution in [0.25, 0.3) is 0 Å². The summed E-state index contributed by atoms with van der Waals surface area (Å²) in [5, 5.41) is 4.19. The van der Waals surface area contributed by atoms with Gasteiger partial charge in [-0.05, 0) is 37.2 Å². The number of esters is 1. The molecule has 1 saturated heterocycles. The molecule has 1 aromatic rings. The Morgan fingerprint density at radius 1 is 1.56 bits per heavy atom. The standard InChI is InChI=1S/C12H18N2O2S2/c1-2-16-12(15)10-11(18-8-14-10)13-7-9-3-5-17-6-4-9/h8-9,13H,2-7H2,1H3. The van der Waals surface area contributed by atoms with Crippen LogP contribution in [0.2, 0.25) is 0 Å². The predicted molar refractivity (Wildman–Crippen MR) is 76.6 cm³/mol. The number of nitrogens with one attached hydrogen (secondary N) is 1. The number of aromatic nitrogens is 1. The third kappa shape index (κ3) is 3.62. The molecule has 0 bridgehead atoms. The molecule has 0 aromatic carbocycles. The molecule has 1 fully saturated rings. The minimum absolute atomic E-state index is 0.333. The Morgan fingerprint density at radius 2 is 2.33 bits per heavy atom. The molecule has 100 valence electrons. The lowest BCUT2D eigenvalue weighted by atomic mass is 10.0. The summed E-state index contributed by atoms with van der Waals surface area (Å²) >= 11 is 3.49. The maximum absolute atomic E-state index is 11.7. The van der Waals surface area contributed by atoms with Crippen molar-refractivity contribution in [3.05, 3.63) is 11.2 Å². The summed E-state index contributed by atoms with van der Waals surface area (Å²) in [6.45, 7) is 3.11. The quantitative estimate of drug-likeness (QED) is 0.844. The lowest BCUT2D eigenvalue weighted by Gasteiger charge is -2.21. The van der Waals surface area contributed by atoms with E-state index in [0.717, 1.165) is 11.5 Å². The molecule has 0 spiro atoms. The van der Waals surface area contributed by atoms with Crippen LogP contribution in [0.1, 0.15) is 30.3 Å². The first-order chi connectivity index (χ1) is 8.81. The normalized spacial score (nSPS) is 16.5. The first-order valence-corrected chi connectivity index (χ1v) is 8.27. The van der Waals surface area contributed by atoms with Crippen molar-refractivity contribution in [2.24, 2.45) is 5.92 Å². The molecule has 0 unspecified atom stereocenters. The molecule has 18 heavy (non-hydrogen) atoms. The number of carbonyl (C=O) groups is 1. The van der Waals surface area contributed by atoms with Crippen LogP contribution >= 0.6 is 23.1 Å². The van der Waals surface area contributed by atoms with E-state index in [1.807, 2.05) is 11.8 Å². The van der Waals surface area contributed by atoms with Gasteiger partial charge in [0.05, 0.1) is 12.1 Å². The molecule has 6 heteroatoms. The van der Waals surface area contributed by atoms with Crippen molar-refractivity contribution in [1.29, 1.82) is 0 Å². The van der Waals surface area contributed by atoms with E-state index < -0.39 is 0 Å². The van der Waals surface area contributed by atoms with Gasteiger partial charge in [-0.2, -0.15) is 11.8 Å². The number of anilines is 1. The maximum atomic E-state index is 11.7. The monoisotopic (exact) mass is 286 g/mol. The van der Waals surface area contributed by atoms with Crippen molar-refractivity contribution >= 4 is 34.1 Å². The Hall–Kier alpha value is -0.750. The zero-order chi connectivity index (χ0) is 12.8. The van der Waals surface area contributed by atoms with Gasteiger partial charge in [0, 0.05) is 6.54 Å². The van der Waals surface area contributed by atoms with Crippen LogP contribution in [0.15, 0.2) is 5.51 Å². The molecule has 1 aromatic heterocycles. The number of carbonyl (C=O) groups excluding carboxylic acids is 1. The minimum atomic E-state index is -0.333. The van der Waals surface area contributed by atoms with E-state index in [0.29, 0.717) is 18.2 Å². The Kier molecular flexibility index (Phi) is 5.31. The Bertz CT molecular complexity index is 389. The second-order valence-electron chi connectivity index (χ2n) is 4.19. The zero-order valence-electron chi connectivity index (χ0n) is 10.5. The SMILES string of the molecule is CCOC(=O)c1ncsc1NCC1CCSCC1. The highest BCUT2D eigenvalue weighted by molar-refractivity contribution is 7.99. The molecule has 0 radical (unpaired) electrons. The number of hydrogen-bond acceptors (Lipinski definition) is 6. The van der Waals surface area contributed by atoms with Gasteiger partial charge >= 0.3 is 5.97 Å². The minimum Gasteiger partial charge on any atom is -0.461 e. The highest BCUT2D eigenvalue weighted by Crippen LogP contribution is 2.25. The van der Waals surface area contributed by atoms with Gasteiger partial charge in [-0.15, -0.1) is 11.3 Å². The number of thiazole rings is 1. The molecule has 0 atom stereocenters. The number of rotatable bonds is 5. The molecule has 1 aliphatic heterocycles. The first kappa shape index (κ1) is 13.7. The van der Waals surface area contributed by atoms with Gasteiger partial charge in [-0.3, -0.25) is 0 Å². The summed E-state index contributed by atoms with van der Waals surface area (Å²) in [6.07, 6.45) is 2.51. The highest BCUT2D eigenvalue weighted by Gasteiger charge is 2.18. The summed E-state index contributed by atoms with van der Waals surface area (Å²) in [5.41, 5.74) is 2.11. The van der Waals surface area contributed by atoms with Gasteiger partial charge in [0.1, 0.15) is 5.00 Å². The first-order valence-electron chi connectivity index (χ1n) is 6.23. The van der Waals surface area contributed by atoms with Gasteiger partial charge < -0.3 is 10.1 Å². The number of thioether (sulfide) groups is 1. The summed E-state index contributed by atoms with van der Waals surface area (Å²) in [6, 6.07) is 0. The topological polar surface area (TPSA) is 51.2 Å². The van der Waals surface area contributed by atoms with E-state index in [1.165, 1.54) is 35.7 Å². The van der Waals surface area contributed by atoms with Gasteiger partial charge in [-0.25, -0.2) is 9.78 Å². The van der Waals surface area contributed by atoms with Crippen LogP contribution in [-0.2, 0) is 4.74 Å². The van der Waals surface area contributed by atoms with Crippen molar-refractivity contribution < 1.29 is 9.53 Å². The molecule has 1 aliphatic rings. The lowest BCUT2D eigenvalue weighted by Crippen LogP contribution is -2.19. The van der Waals surface area contributed by atoms with E-state index >= 15 is 0 Å². The largest absolute Gasteiger partial charge is 0.461 e. The summed E-state index contributed by atoms with van der Waals surface area (Å²) in [5.74, 6) is 2.88. The second-order valence-corrected chi connectivity index (χ2v) is 6.27. The average Bonchev–Trinajstić information content (AvgIpc) is 2.86. The fourth-order valence-electron chi connectivity index (χ4n) is 1.90. The van der Waals surface area contributed by atoms with Crippen LogP contribution in [0.3, 0.4) is 0 Å². The van der Waals surface area contributed by atoms with Crippen LogP contribution in [0.4, 0.5) is 5.00 Å². The maximum Gasteiger partial charge on any atom is 0.360 e. The van der Waals surface area contributed by atoms with Crippen molar-refractivity contribution in [2.75, 3.05) is 30.0 Å². The second kappa shape index (κ2) is 6.99. The fourth-order valence-corrected chi connectivity index (χ4v) is 3.79. The Labute approximate surface area is 116 Å². The van der Waals surface area contributed by atoms with Crippen LogP contribution in [0, 0.1) is 5.92 Å². The van der Waals surface area contributed by atoms with Gasteiger partial charge in [-0.1, -0.05) is 0 Å². The summed E-state index contributed by atoms with van der Waals surface area (Å²) < 4.78 is 4.98. The molecule has 4 nitrogen and oxygen atoms in total. The third-order valence-electron chi connectivity index (χ3n) is 2.93. The Morgan fingerprint density at radius 3 is 3.06 bits per heavy atom. The number of ether oxygens (including phenoxy) is 1. The van der Waals surface area contributed by atoms with E-state index in [9.17, 15) is 4.79 Å². The number of hydrogen-bond donors (Lipinski definition) is 1. The molecule has 2 heterocycles. The predicted octanol–water partition coefficient (Wildman–Crippen LogP) is 2.87. The van der Waals surface area contributed by atoms with E-state index in [1.54, 1.807) is 12.4 Å². The summed E-state index contributed by atoms with van der Waals surface area (Å²) in [7, 11) is 0. The molecule has 1 N–H and O–H groups in total. The van der Waals surface area contributed by atoms with Crippen molar-refractivity contribution in [3.63, 3.8) is 0 Å². The lowest BCUT2D eigenvalue weighted by molar-refractivity contribution is 0.0521. The molecular formula is C12H18N2O2S2. The van der Waals surface area contributed by atoms with Crippen molar-refractivity contribution in [1.82, 2.24) is 4.98 Å². The van der Waals surface area contributed by atoms with Gasteiger partial charge in [0.25, 0.3) is 0 Å². The number of nitrogens with zero attached hydrogens (tertiary/aromatic N) is 1. The zero-order valence-corrected chi connectivity index (χ0v) is 12.1. The van der Waals surface area contributed by atoms with E-state index in [4.69, 9.17) is 4.74 Å². The molecule has 0 aliphatic carbocycles. The van der Waals surface area contributed by atoms with Crippen molar-refractivity contribution in [2.45, 2.75) is 19.8 Å². The van der Waals surface area contributed by atoms with E-state index in [-0.39, 0.29) is 5.97 Å². The van der Waals surface area contributed by atoms with E-state index in [2.05, 4.69) is 10.3 Å². The molecule has 0 amide bonds. The fraction of sp³-hybridized carbons (Fsp3) is 0.667.